The van der Waals surface area contributed by atoms with Gasteiger partial charge >= 0.3 is 0 Å². The van der Waals surface area contributed by atoms with Gasteiger partial charge in [-0.25, -0.2) is 0 Å². The van der Waals surface area contributed by atoms with Crippen LogP contribution in [0.1, 0.15) is 121 Å². The Bertz CT molecular complexity index is 617. The predicted molar refractivity (Wildman–Crippen MR) is 142 cm³/mol. The second-order valence-corrected chi connectivity index (χ2v) is 9.66. The molecule has 3 nitrogen and oxygen atoms in total. The number of rotatable bonds is 21. The minimum absolute atomic E-state index is 0.899. The fourth-order valence-corrected chi connectivity index (χ4v) is 4.54. The molecule has 0 aromatic carbocycles. The molecule has 0 atom stereocenters. The molecule has 0 amide bonds. The summed E-state index contributed by atoms with van der Waals surface area (Å²) >= 11 is 0. The molecule has 0 aliphatic heterocycles. The minimum Gasteiger partial charge on any atom is -0.292 e. The first kappa shape index (κ1) is 27.5. The average Bonchev–Trinajstić information content (AvgIpc) is 2.85. The van der Waals surface area contributed by atoms with Gasteiger partial charge in [0, 0.05) is 25.5 Å². The van der Waals surface area contributed by atoms with Crippen LogP contribution >= 0.6 is 0 Å². The van der Waals surface area contributed by atoms with E-state index in [4.69, 9.17) is 0 Å². The fourth-order valence-electron chi connectivity index (χ4n) is 4.54. The molecule has 2 aromatic rings. The molecule has 2 rings (SSSR count). The van der Waals surface area contributed by atoms with Crippen LogP contribution in [0.5, 0.6) is 0 Å². The standard InChI is InChI=1S/C30H49N3/c1-2-3-4-5-6-7-8-9-10-11-12-13-14-15-16-21-26-33(27-29-22-17-19-24-31-29)28-30-23-18-20-25-32-30/h17-20,22-25H,2-16,21,26-28H2,1H3. The molecule has 2 aromatic heterocycles. The van der Waals surface area contributed by atoms with Gasteiger partial charge < -0.3 is 0 Å². The molecule has 0 saturated heterocycles. The summed E-state index contributed by atoms with van der Waals surface area (Å²) in [5.41, 5.74) is 2.29. The van der Waals surface area contributed by atoms with Gasteiger partial charge in [0.15, 0.2) is 0 Å². The van der Waals surface area contributed by atoms with Gasteiger partial charge in [-0.15, -0.1) is 0 Å². The van der Waals surface area contributed by atoms with Gasteiger partial charge in [0.25, 0.3) is 0 Å². The molecule has 0 spiro atoms. The maximum absolute atomic E-state index is 4.52. The van der Waals surface area contributed by atoms with E-state index in [9.17, 15) is 0 Å². The topological polar surface area (TPSA) is 29.0 Å². The molecule has 0 radical (unpaired) electrons. The van der Waals surface area contributed by atoms with Crippen molar-refractivity contribution in [2.75, 3.05) is 6.54 Å². The van der Waals surface area contributed by atoms with Crippen LogP contribution in [0.2, 0.25) is 0 Å². The summed E-state index contributed by atoms with van der Waals surface area (Å²) in [4.78, 5) is 11.5. The van der Waals surface area contributed by atoms with E-state index in [0.717, 1.165) is 31.0 Å². The van der Waals surface area contributed by atoms with Gasteiger partial charge in [-0.05, 0) is 37.2 Å². The second kappa shape index (κ2) is 19.7. The molecule has 0 saturated carbocycles. The highest BCUT2D eigenvalue weighted by Crippen LogP contribution is 2.14. The number of hydrogen-bond acceptors (Lipinski definition) is 3. The van der Waals surface area contributed by atoms with Crippen molar-refractivity contribution in [2.45, 2.75) is 123 Å². The first-order chi connectivity index (χ1) is 16.4. The van der Waals surface area contributed by atoms with Gasteiger partial charge in [-0.3, -0.25) is 14.9 Å². The third kappa shape index (κ3) is 14.9. The van der Waals surface area contributed by atoms with E-state index in [1.165, 1.54) is 103 Å². The zero-order chi connectivity index (χ0) is 23.2. The summed E-state index contributed by atoms with van der Waals surface area (Å²) in [6.07, 6.45) is 26.4. The molecule has 0 bridgehead atoms. The van der Waals surface area contributed by atoms with Crippen molar-refractivity contribution in [3.8, 4) is 0 Å². The van der Waals surface area contributed by atoms with Crippen LogP contribution in [-0.2, 0) is 13.1 Å². The van der Waals surface area contributed by atoms with Crippen molar-refractivity contribution < 1.29 is 0 Å². The normalized spacial score (nSPS) is 11.3. The molecule has 0 aliphatic carbocycles. The van der Waals surface area contributed by atoms with E-state index in [0.29, 0.717) is 0 Å². The van der Waals surface area contributed by atoms with Gasteiger partial charge in [-0.2, -0.15) is 0 Å². The summed E-state index contributed by atoms with van der Waals surface area (Å²) in [7, 11) is 0. The smallest absolute Gasteiger partial charge is 0.0544 e. The lowest BCUT2D eigenvalue weighted by Gasteiger charge is -2.21. The van der Waals surface area contributed by atoms with Crippen LogP contribution in [-0.4, -0.2) is 21.4 Å². The first-order valence-corrected chi connectivity index (χ1v) is 13.9. The summed E-state index contributed by atoms with van der Waals surface area (Å²) in [5.74, 6) is 0. The fraction of sp³-hybridized carbons (Fsp3) is 0.667. The first-order valence-electron chi connectivity index (χ1n) is 13.9. The monoisotopic (exact) mass is 451 g/mol. The number of hydrogen-bond donors (Lipinski definition) is 0. The molecule has 2 heterocycles. The quantitative estimate of drug-likeness (QED) is 0.178. The van der Waals surface area contributed by atoms with E-state index in [1.54, 1.807) is 0 Å². The highest BCUT2D eigenvalue weighted by atomic mass is 15.1. The van der Waals surface area contributed by atoms with Gasteiger partial charge in [0.1, 0.15) is 0 Å². The van der Waals surface area contributed by atoms with Crippen LogP contribution in [0.15, 0.2) is 48.8 Å². The highest BCUT2D eigenvalue weighted by Gasteiger charge is 2.08. The van der Waals surface area contributed by atoms with E-state index in [2.05, 4.69) is 46.1 Å². The molecule has 0 aliphatic rings. The maximum Gasteiger partial charge on any atom is 0.0544 e. The van der Waals surface area contributed by atoms with E-state index in [1.807, 2.05) is 24.5 Å². The van der Waals surface area contributed by atoms with Crippen molar-refractivity contribution in [3.05, 3.63) is 60.2 Å². The number of unbranched alkanes of at least 4 members (excludes halogenated alkanes) is 15. The van der Waals surface area contributed by atoms with Crippen LogP contribution in [0.25, 0.3) is 0 Å². The Morgan fingerprint density at radius 2 is 0.909 bits per heavy atom. The van der Waals surface area contributed by atoms with Crippen LogP contribution < -0.4 is 0 Å². The van der Waals surface area contributed by atoms with E-state index >= 15 is 0 Å². The Morgan fingerprint density at radius 3 is 1.27 bits per heavy atom. The predicted octanol–water partition coefficient (Wildman–Crippen LogP) is 8.74. The molecule has 33 heavy (non-hydrogen) atoms. The lowest BCUT2D eigenvalue weighted by atomic mass is 10.0. The largest absolute Gasteiger partial charge is 0.292 e. The number of aromatic nitrogens is 2. The number of nitrogens with zero attached hydrogens (tertiary/aromatic N) is 3. The van der Waals surface area contributed by atoms with Crippen molar-refractivity contribution in [2.24, 2.45) is 0 Å². The van der Waals surface area contributed by atoms with Crippen molar-refractivity contribution in [1.29, 1.82) is 0 Å². The summed E-state index contributed by atoms with van der Waals surface area (Å²) in [5, 5.41) is 0. The zero-order valence-electron chi connectivity index (χ0n) is 21.4. The Labute approximate surface area is 204 Å². The van der Waals surface area contributed by atoms with Crippen molar-refractivity contribution >= 4 is 0 Å². The average molecular weight is 452 g/mol. The molecule has 0 fully saturated rings. The lowest BCUT2D eigenvalue weighted by molar-refractivity contribution is 0.244. The lowest BCUT2D eigenvalue weighted by Crippen LogP contribution is -2.25. The summed E-state index contributed by atoms with van der Waals surface area (Å²) in [6, 6.07) is 12.4. The molecular formula is C30H49N3. The minimum atomic E-state index is 0.899. The van der Waals surface area contributed by atoms with Crippen molar-refractivity contribution in [1.82, 2.24) is 14.9 Å². The summed E-state index contributed by atoms with van der Waals surface area (Å²) in [6.45, 7) is 5.21. The van der Waals surface area contributed by atoms with Crippen LogP contribution in [0.4, 0.5) is 0 Å². The molecule has 3 heteroatoms. The van der Waals surface area contributed by atoms with Gasteiger partial charge in [0.05, 0.1) is 11.4 Å². The van der Waals surface area contributed by atoms with Crippen LogP contribution in [0, 0.1) is 0 Å². The molecular weight excluding hydrogens is 402 g/mol. The van der Waals surface area contributed by atoms with E-state index < -0.39 is 0 Å². The third-order valence-corrected chi connectivity index (χ3v) is 6.55. The Morgan fingerprint density at radius 1 is 0.515 bits per heavy atom. The molecule has 184 valence electrons. The van der Waals surface area contributed by atoms with Crippen LogP contribution in [0.3, 0.4) is 0 Å². The highest BCUT2D eigenvalue weighted by molar-refractivity contribution is 5.06. The summed E-state index contributed by atoms with van der Waals surface area (Å²) < 4.78 is 0. The Balaban J connectivity index is 1.47. The molecule has 0 unspecified atom stereocenters. The molecule has 0 N–H and O–H groups in total. The SMILES string of the molecule is CCCCCCCCCCCCCCCCCCN(Cc1ccccn1)Cc1ccccn1. The zero-order valence-corrected chi connectivity index (χ0v) is 21.4. The van der Waals surface area contributed by atoms with Gasteiger partial charge in [0.2, 0.25) is 0 Å². The maximum atomic E-state index is 4.52. The Hall–Kier alpha value is -1.74. The Kier molecular flexibility index (Phi) is 16.4. The van der Waals surface area contributed by atoms with Gasteiger partial charge in [-0.1, -0.05) is 115 Å². The van der Waals surface area contributed by atoms with Crippen molar-refractivity contribution in [3.63, 3.8) is 0 Å². The third-order valence-electron chi connectivity index (χ3n) is 6.55. The number of pyridine rings is 2. The second-order valence-electron chi connectivity index (χ2n) is 9.66. The van der Waals surface area contributed by atoms with E-state index in [-0.39, 0.29) is 0 Å².